The molecule has 2 heterocycles. The zero-order valence-electron chi connectivity index (χ0n) is 13.3. The van der Waals surface area contributed by atoms with Gasteiger partial charge in [-0.3, -0.25) is 9.59 Å². The van der Waals surface area contributed by atoms with E-state index >= 15 is 0 Å². The summed E-state index contributed by atoms with van der Waals surface area (Å²) in [5, 5.41) is 0.542. The second kappa shape index (κ2) is 8.06. The Bertz CT molecular complexity index is 375. The lowest BCUT2D eigenvalue weighted by Gasteiger charge is -2.28. The second-order valence-electron chi connectivity index (χ2n) is 6.17. The van der Waals surface area contributed by atoms with Gasteiger partial charge in [-0.1, -0.05) is 19.8 Å². The Kier molecular flexibility index (Phi) is 6.40. The number of carbonyl (C=O) groups is 2. The molecule has 0 spiro atoms. The Morgan fingerprint density at radius 1 is 1.19 bits per heavy atom. The molecule has 0 N–H and O–H groups in total. The maximum Gasteiger partial charge on any atom is 0.235 e. The predicted octanol–water partition coefficient (Wildman–Crippen LogP) is 2.38. The smallest absolute Gasteiger partial charge is 0.235 e. The van der Waals surface area contributed by atoms with E-state index in [-0.39, 0.29) is 11.8 Å². The molecule has 2 atom stereocenters. The summed E-state index contributed by atoms with van der Waals surface area (Å²) in [6.45, 7) is 4.61. The van der Waals surface area contributed by atoms with Crippen molar-refractivity contribution in [2.24, 2.45) is 5.92 Å². The average Bonchev–Trinajstić information content (AvgIpc) is 2.79. The molecule has 0 aromatic heterocycles. The minimum atomic E-state index is -0.428. The summed E-state index contributed by atoms with van der Waals surface area (Å²) in [5.41, 5.74) is 0. The van der Waals surface area contributed by atoms with Gasteiger partial charge in [-0.05, 0) is 31.4 Å². The monoisotopic (exact) mass is 312 g/mol. The van der Waals surface area contributed by atoms with E-state index in [2.05, 4.69) is 6.92 Å². The summed E-state index contributed by atoms with van der Waals surface area (Å²) in [7, 11) is 1.83. The van der Waals surface area contributed by atoms with Gasteiger partial charge < -0.3 is 9.80 Å². The molecule has 4 nitrogen and oxygen atoms in total. The number of likely N-dealkylation sites (tertiary alicyclic amines) is 2. The van der Waals surface area contributed by atoms with Crippen LogP contribution in [0.4, 0.5) is 0 Å². The van der Waals surface area contributed by atoms with Crippen molar-refractivity contribution in [1.29, 1.82) is 0 Å². The molecule has 0 aromatic rings. The van der Waals surface area contributed by atoms with Gasteiger partial charge in [-0.2, -0.15) is 11.8 Å². The standard InChI is InChI=1S/C16H28N2O2S/c1-3-21-13-8-4-7-11-18(12-13)16(20)14-9-5-6-10-17(2)15(14)19/h13-14H,3-12H2,1-2H3. The molecule has 0 radical (unpaired) electrons. The fourth-order valence-corrected chi connectivity index (χ4v) is 4.41. The van der Waals surface area contributed by atoms with Crippen LogP contribution in [-0.2, 0) is 9.59 Å². The van der Waals surface area contributed by atoms with Crippen LogP contribution in [-0.4, -0.2) is 59.3 Å². The largest absolute Gasteiger partial charge is 0.345 e. The van der Waals surface area contributed by atoms with Gasteiger partial charge in [0.15, 0.2) is 0 Å². The van der Waals surface area contributed by atoms with Crippen molar-refractivity contribution >= 4 is 23.6 Å². The third kappa shape index (κ3) is 4.38. The Hall–Kier alpha value is -0.710. The fourth-order valence-electron chi connectivity index (χ4n) is 3.32. The third-order valence-corrected chi connectivity index (χ3v) is 5.74. The summed E-state index contributed by atoms with van der Waals surface area (Å²) >= 11 is 1.95. The van der Waals surface area contributed by atoms with Crippen molar-refractivity contribution < 1.29 is 9.59 Å². The summed E-state index contributed by atoms with van der Waals surface area (Å²) in [4.78, 5) is 28.9. The molecule has 2 amide bonds. The topological polar surface area (TPSA) is 40.6 Å². The minimum absolute atomic E-state index is 0.0291. The number of nitrogens with zero attached hydrogens (tertiary/aromatic N) is 2. The first-order valence-corrected chi connectivity index (χ1v) is 9.33. The zero-order chi connectivity index (χ0) is 15.2. The predicted molar refractivity (Wildman–Crippen MR) is 87.3 cm³/mol. The summed E-state index contributed by atoms with van der Waals surface area (Å²) in [5.74, 6) is 0.777. The van der Waals surface area contributed by atoms with Crippen molar-refractivity contribution in [3.05, 3.63) is 0 Å². The number of thioether (sulfide) groups is 1. The van der Waals surface area contributed by atoms with Crippen LogP contribution in [0.25, 0.3) is 0 Å². The van der Waals surface area contributed by atoms with Crippen molar-refractivity contribution in [2.45, 2.75) is 50.7 Å². The normalized spacial score (nSPS) is 28.2. The highest BCUT2D eigenvalue weighted by molar-refractivity contribution is 7.99. The van der Waals surface area contributed by atoms with Gasteiger partial charge in [0, 0.05) is 31.9 Å². The van der Waals surface area contributed by atoms with E-state index in [1.807, 2.05) is 23.7 Å². The fraction of sp³-hybridized carbons (Fsp3) is 0.875. The summed E-state index contributed by atoms with van der Waals surface area (Å²) in [6.07, 6.45) is 6.18. The van der Waals surface area contributed by atoms with E-state index in [4.69, 9.17) is 0 Å². The minimum Gasteiger partial charge on any atom is -0.345 e. The van der Waals surface area contributed by atoms with E-state index in [1.54, 1.807) is 4.90 Å². The van der Waals surface area contributed by atoms with Crippen LogP contribution in [0, 0.1) is 5.92 Å². The van der Waals surface area contributed by atoms with Crippen LogP contribution < -0.4 is 0 Å². The molecule has 2 aliphatic heterocycles. The molecule has 0 aromatic carbocycles. The molecule has 2 aliphatic rings. The maximum absolute atomic E-state index is 12.8. The van der Waals surface area contributed by atoms with Gasteiger partial charge in [0.2, 0.25) is 11.8 Å². The Morgan fingerprint density at radius 2 is 1.90 bits per heavy atom. The quantitative estimate of drug-likeness (QED) is 0.751. The van der Waals surface area contributed by atoms with Crippen LogP contribution in [0.2, 0.25) is 0 Å². The average molecular weight is 312 g/mol. The second-order valence-corrected chi connectivity index (χ2v) is 7.74. The number of hydrogen-bond acceptors (Lipinski definition) is 3. The molecule has 0 saturated carbocycles. The Balaban J connectivity index is 2.04. The number of amides is 2. The van der Waals surface area contributed by atoms with Crippen LogP contribution in [0.5, 0.6) is 0 Å². The number of hydrogen-bond donors (Lipinski definition) is 0. The summed E-state index contributed by atoms with van der Waals surface area (Å²) in [6, 6.07) is 0. The van der Waals surface area contributed by atoms with Gasteiger partial charge in [-0.15, -0.1) is 0 Å². The molecule has 2 unspecified atom stereocenters. The zero-order valence-corrected chi connectivity index (χ0v) is 14.2. The SMILES string of the molecule is CCSC1CCCCN(C(=O)C2CCCCN(C)C2=O)C1. The van der Waals surface area contributed by atoms with E-state index in [9.17, 15) is 9.59 Å². The van der Waals surface area contributed by atoms with Gasteiger partial charge in [-0.25, -0.2) is 0 Å². The van der Waals surface area contributed by atoms with Crippen LogP contribution in [0.15, 0.2) is 0 Å². The molecule has 5 heteroatoms. The first-order valence-electron chi connectivity index (χ1n) is 8.28. The van der Waals surface area contributed by atoms with Gasteiger partial charge in [0.1, 0.15) is 5.92 Å². The van der Waals surface area contributed by atoms with Crippen LogP contribution in [0.1, 0.15) is 45.4 Å². The molecular formula is C16H28N2O2S. The highest BCUT2D eigenvalue weighted by atomic mass is 32.2. The van der Waals surface area contributed by atoms with Crippen molar-refractivity contribution in [1.82, 2.24) is 9.80 Å². The van der Waals surface area contributed by atoms with Crippen molar-refractivity contribution in [3.63, 3.8) is 0 Å². The molecule has 21 heavy (non-hydrogen) atoms. The molecule has 2 fully saturated rings. The van der Waals surface area contributed by atoms with Gasteiger partial charge in [0.05, 0.1) is 0 Å². The Labute approximate surface area is 132 Å². The molecular weight excluding hydrogens is 284 g/mol. The highest BCUT2D eigenvalue weighted by Crippen LogP contribution is 2.25. The highest BCUT2D eigenvalue weighted by Gasteiger charge is 2.35. The Morgan fingerprint density at radius 3 is 2.67 bits per heavy atom. The lowest BCUT2D eigenvalue weighted by atomic mass is 10.0. The first kappa shape index (κ1) is 16.7. The number of carbonyl (C=O) groups excluding carboxylic acids is 2. The van der Waals surface area contributed by atoms with E-state index in [0.29, 0.717) is 5.25 Å². The molecule has 2 saturated heterocycles. The number of rotatable bonds is 3. The lowest BCUT2D eigenvalue weighted by molar-refractivity contribution is -0.146. The van der Waals surface area contributed by atoms with Crippen LogP contribution in [0.3, 0.4) is 0 Å². The molecule has 120 valence electrons. The van der Waals surface area contributed by atoms with Gasteiger partial charge >= 0.3 is 0 Å². The molecule has 0 aliphatic carbocycles. The molecule has 0 bridgehead atoms. The van der Waals surface area contributed by atoms with Crippen molar-refractivity contribution in [3.8, 4) is 0 Å². The lowest BCUT2D eigenvalue weighted by Crippen LogP contribution is -2.45. The van der Waals surface area contributed by atoms with E-state index in [1.165, 1.54) is 12.8 Å². The summed E-state index contributed by atoms with van der Waals surface area (Å²) < 4.78 is 0. The van der Waals surface area contributed by atoms with E-state index < -0.39 is 5.92 Å². The molecule has 2 rings (SSSR count). The van der Waals surface area contributed by atoms with Gasteiger partial charge in [0.25, 0.3) is 0 Å². The van der Waals surface area contributed by atoms with Crippen LogP contribution >= 0.6 is 11.8 Å². The first-order chi connectivity index (χ1) is 10.1. The maximum atomic E-state index is 12.8. The van der Waals surface area contributed by atoms with Crippen molar-refractivity contribution in [2.75, 3.05) is 32.4 Å². The third-order valence-electron chi connectivity index (χ3n) is 4.55. The van der Waals surface area contributed by atoms with E-state index in [0.717, 1.165) is 51.1 Å².